The Morgan fingerprint density at radius 1 is 1.11 bits per heavy atom. The molecular weight excluding hydrogens is 238 g/mol. The lowest BCUT2D eigenvalue weighted by Gasteiger charge is -2.40. The van der Waals surface area contributed by atoms with Crippen LogP contribution in [0.1, 0.15) is 12.5 Å². The fourth-order valence-corrected chi connectivity index (χ4v) is 2.46. The molecule has 98 valence electrons. The molecule has 0 spiro atoms. The molecule has 19 heavy (non-hydrogen) atoms. The zero-order chi connectivity index (χ0) is 13.1. The van der Waals surface area contributed by atoms with E-state index in [9.17, 15) is 0 Å². The van der Waals surface area contributed by atoms with Crippen molar-refractivity contribution in [2.75, 3.05) is 24.6 Å². The minimum Gasteiger partial charge on any atom is -0.367 e. The molecule has 0 aliphatic carbocycles. The number of ether oxygens (including phenoxy) is 1. The van der Waals surface area contributed by atoms with Crippen LogP contribution in [-0.4, -0.2) is 29.7 Å². The Morgan fingerprint density at radius 3 is 2.58 bits per heavy atom. The third kappa shape index (κ3) is 2.44. The van der Waals surface area contributed by atoms with Gasteiger partial charge in [-0.1, -0.05) is 30.3 Å². The average Bonchev–Trinajstić information content (AvgIpc) is 2.49. The lowest BCUT2D eigenvalue weighted by molar-refractivity contribution is -0.0470. The Morgan fingerprint density at radius 2 is 1.84 bits per heavy atom. The van der Waals surface area contributed by atoms with Crippen molar-refractivity contribution in [3.05, 3.63) is 54.4 Å². The van der Waals surface area contributed by atoms with E-state index < -0.39 is 0 Å². The number of aromatic nitrogens is 2. The van der Waals surface area contributed by atoms with E-state index in [4.69, 9.17) is 4.74 Å². The quantitative estimate of drug-likeness (QED) is 0.825. The predicted octanol–water partition coefficient (Wildman–Crippen LogP) is 2.23. The standard InChI is InChI=1S/C15H17N3O/c1-15(13-6-3-2-4-7-13)12-18(10-11-19-15)14-16-8-5-9-17-14/h2-9H,10-12H2,1H3. The van der Waals surface area contributed by atoms with Crippen molar-refractivity contribution < 1.29 is 4.74 Å². The highest BCUT2D eigenvalue weighted by Gasteiger charge is 2.34. The molecule has 1 unspecified atom stereocenters. The van der Waals surface area contributed by atoms with Crippen LogP contribution in [0.4, 0.5) is 5.95 Å². The Kier molecular flexibility index (Phi) is 3.17. The van der Waals surface area contributed by atoms with Gasteiger partial charge in [-0.05, 0) is 18.6 Å². The van der Waals surface area contributed by atoms with Crippen LogP contribution in [0.2, 0.25) is 0 Å². The van der Waals surface area contributed by atoms with E-state index in [0.717, 1.165) is 19.0 Å². The van der Waals surface area contributed by atoms with Crippen LogP contribution in [0.3, 0.4) is 0 Å². The van der Waals surface area contributed by atoms with Crippen molar-refractivity contribution in [2.24, 2.45) is 0 Å². The Bertz CT molecular complexity index is 532. The average molecular weight is 255 g/mol. The Balaban J connectivity index is 1.86. The Labute approximate surface area is 113 Å². The van der Waals surface area contributed by atoms with Gasteiger partial charge in [-0.3, -0.25) is 0 Å². The molecular formula is C15H17N3O. The van der Waals surface area contributed by atoms with Gasteiger partial charge >= 0.3 is 0 Å². The monoisotopic (exact) mass is 255 g/mol. The van der Waals surface area contributed by atoms with Crippen molar-refractivity contribution in [3.63, 3.8) is 0 Å². The molecule has 0 bridgehead atoms. The largest absolute Gasteiger partial charge is 0.367 e. The topological polar surface area (TPSA) is 38.2 Å². The lowest BCUT2D eigenvalue weighted by atomic mass is 9.94. The number of anilines is 1. The molecule has 2 heterocycles. The molecule has 0 saturated carbocycles. The SMILES string of the molecule is CC1(c2ccccc2)CN(c2ncccn2)CCO1. The zero-order valence-corrected chi connectivity index (χ0v) is 11.0. The number of hydrogen-bond acceptors (Lipinski definition) is 4. The van der Waals surface area contributed by atoms with Gasteiger partial charge in [0.05, 0.1) is 13.2 Å². The summed E-state index contributed by atoms with van der Waals surface area (Å²) in [6.45, 7) is 4.40. The van der Waals surface area contributed by atoms with E-state index >= 15 is 0 Å². The highest BCUT2D eigenvalue weighted by Crippen LogP contribution is 2.30. The predicted molar refractivity (Wildman–Crippen MR) is 74.0 cm³/mol. The van der Waals surface area contributed by atoms with Gasteiger partial charge in [0.15, 0.2) is 0 Å². The normalized spacial score (nSPS) is 23.3. The third-order valence-corrected chi connectivity index (χ3v) is 3.49. The van der Waals surface area contributed by atoms with Gasteiger partial charge in [-0.15, -0.1) is 0 Å². The van der Waals surface area contributed by atoms with Crippen molar-refractivity contribution in [1.29, 1.82) is 0 Å². The van der Waals surface area contributed by atoms with Gasteiger partial charge in [-0.2, -0.15) is 0 Å². The van der Waals surface area contributed by atoms with Crippen LogP contribution in [0, 0.1) is 0 Å². The fourth-order valence-electron chi connectivity index (χ4n) is 2.46. The number of rotatable bonds is 2. The van der Waals surface area contributed by atoms with E-state index in [2.05, 4.69) is 33.9 Å². The molecule has 4 nitrogen and oxygen atoms in total. The molecule has 2 aromatic rings. The molecule has 1 atom stereocenters. The molecule has 1 saturated heterocycles. The smallest absolute Gasteiger partial charge is 0.225 e. The van der Waals surface area contributed by atoms with Crippen LogP contribution >= 0.6 is 0 Å². The van der Waals surface area contributed by atoms with Crippen LogP contribution in [0.25, 0.3) is 0 Å². The summed E-state index contributed by atoms with van der Waals surface area (Å²) in [7, 11) is 0. The van der Waals surface area contributed by atoms with Crippen molar-refractivity contribution >= 4 is 5.95 Å². The summed E-state index contributed by atoms with van der Waals surface area (Å²) in [6, 6.07) is 12.2. The Hall–Kier alpha value is -1.94. The zero-order valence-electron chi connectivity index (χ0n) is 11.0. The van der Waals surface area contributed by atoms with Gasteiger partial charge in [-0.25, -0.2) is 9.97 Å². The van der Waals surface area contributed by atoms with Gasteiger partial charge in [0.25, 0.3) is 0 Å². The molecule has 1 aliphatic heterocycles. The van der Waals surface area contributed by atoms with Crippen LogP contribution in [0.15, 0.2) is 48.8 Å². The van der Waals surface area contributed by atoms with Gasteiger partial charge in [0, 0.05) is 18.9 Å². The minimum atomic E-state index is -0.307. The number of benzene rings is 1. The molecule has 4 heteroatoms. The van der Waals surface area contributed by atoms with E-state index in [1.807, 2.05) is 24.3 Å². The van der Waals surface area contributed by atoms with Crippen molar-refractivity contribution in [1.82, 2.24) is 9.97 Å². The minimum absolute atomic E-state index is 0.307. The first kappa shape index (κ1) is 12.1. The van der Waals surface area contributed by atoms with E-state index in [1.165, 1.54) is 5.56 Å². The molecule has 1 aromatic carbocycles. The van der Waals surface area contributed by atoms with E-state index in [0.29, 0.717) is 6.61 Å². The molecule has 1 aliphatic rings. The van der Waals surface area contributed by atoms with Crippen LogP contribution < -0.4 is 4.90 Å². The maximum Gasteiger partial charge on any atom is 0.225 e. The number of morpholine rings is 1. The summed E-state index contributed by atoms with van der Waals surface area (Å²) in [5.74, 6) is 0.771. The maximum atomic E-state index is 6.01. The first-order chi connectivity index (χ1) is 9.28. The first-order valence-corrected chi connectivity index (χ1v) is 6.49. The van der Waals surface area contributed by atoms with Crippen molar-refractivity contribution in [2.45, 2.75) is 12.5 Å². The molecule has 3 rings (SSSR count). The second kappa shape index (κ2) is 4.97. The number of hydrogen-bond donors (Lipinski definition) is 0. The summed E-state index contributed by atoms with van der Waals surface area (Å²) in [5, 5.41) is 0. The van der Waals surface area contributed by atoms with Gasteiger partial charge in [0.1, 0.15) is 5.60 Å². The van der Waals surface area contributed by atoms with Crippen molar-refractivity contribution in [3.8, 4) is 0 Å². The van der Waals surface area contributed by atoms with E-state index in [-0.39, 0.29) is 5.60 Å². The van der Waals surface area contributed by atoms with Gasteiger partial charge in [0.2, 0.25) is 5.95 Å². The third-order valence-electron chi connectivity index (χ3n) is 3.49. The summed E-state index contributed by atoms with van der Waals surface area (Å²) in [5.41, 5.74) is 0.884. The molecule has 0 N–H and O–H groups in total. The van der Waals surface area contributed by atoms with Gasteiger partial charge < -0.3 is 9.64 Å². The molecule has 0 radical (unpaired) electrons. The summed E-state index contributed by atoms with van der Waals surface area (Å²) in [6.07, 6.45) is 3.55. The fraction of sp³-hybridized carbons (Fsp3) is 0.333. The lowest BCUT2D eigenvalue weighted by Crippen LogP contribution is -2.48. The maximum absolute atomic E-state index is 6.01. The second-order valence-electron chi connectivity index (χ2n) is 4.92. The van der Waals surface area contributed by atoms with Crippen LogP contribution in [0.5, 0.6) is 0 Å². The van der Waals surface area contributed by atoms with E-state index in [1.54, 1.807) is 12.4 Å². The summed E-state index contributed by atoms with van der Waals surface area (Å²) in [4.78, 5) is 10.8. The molecule has 1 fully saturated rings. The second-order valence-corrected chi connectivity index (χ2v) is 4.92. The van der Waals surface area contributed by atoms with Crippen LogP contribution in [-0.2, 0) is 10.3 Å². The number of nitrogens with zero attached hydrogens (tertiary/aromatic N) is 3. The highest BCUT2D eigenvalue weighted by molar-refractivity contribution is 5.33. The summed E-state index contributed by atoms with van der Waals surface area (Å²) < 4.78 is 6.01. The molecule has 0 amide bonds. The highest BCUT2D eigenvalue weighted by atomic mass is 16.5. The molecule has 1 aromatic heterocycles. The first-order valence-electron chi connectivity index (χ1n) is 6.49. The summed E-state index contributed by atoms with van der Waals surface area (Å²) >= 11 is 0.